The Kier molecular flexibility index (Phi) is 3.75. The smallest absolute Gasteiger partial charge is 0.309 e. The topological polar surface area (TPSA) is 55.0 Å². The fraction of sp³-hybridized carbons (Fsp3) is 0.333. The molecule has 70 valence electrons. The van der Waals surface area contributed by atoms with Crippen LogP contribution in [0.2, 0.25) is 0 Å². The molecule has 1 aromatic rings. The zero-order valence-electron chi connectivity index (χ0n) is 7.49. The first-order valence-corrected chi connectivity index (χ1v) is 4.13. The SMILES string of the molecule is CCOC(=O)CC=Cc1cnc[nH]1. The van der Waals surface area contributed by atoms with E-state index in [-0.39, 0.29) is 5.97 Å². The number of hydrogen-bond acceptors (Lipinski definition) is 3. The van der Waals surface area contributed by atoms with E-state index in [1.165, 1.54) is 0 Å². The Bertz CT molecular complexity index is 278. The van der Waals surface area contributed by atoms with E-state index in [2.05, 4.69) is 9.97 Å². The average molecular weight is 180 g/mol. The first kappa shape index (κ1) is 9.51. The summed E-state index contributed by atoms with van der Waals surface area (Å²) in [6.45, 7) is 2.22. The summed E-state index contributed by atoms with van der Waals surface area (Å²) in [5, 5.41) is 0. The minimum absolute atomic E-state index is 0.210. The van der Waals surface area contributed by atoms with Crippen LogP contribution in [0.25, 0.3) is 6.08 Å². The zero-order valence-corrected chi connectivity index (χ0v) is 7.49. The highest BCUT2D eigenvalue weighted by atomic mass is 16.5. The third-order valence-electron chi connectivity index (χ3n) is 1.41. The minimum Gasteiger partial charge on any atom is -0.466 e. The van der Waals surface area contributed by atoms with Crippen molar-refractivity contribution in [2.75, 3.05) is 6.61 Å². The maximum atomic E-state index is 10.9. The van der Waals surface area contributed by atoms with Crippen molar-refractivity contribution in [3.05, 3.63) is 24.3 Å². The molecule has 1 rings (SSSR count). The Hall–Kier alpha value is -1.58. The highest BCUT2D eigenvalue weighted by molar-refractivity contribution is 5.72. The summed E-state index contributed by atoms with van der Waals surface area (Å²) in [5.41, 5.74) is 0.879. The number of nitrogens with one attached hydrogen (secondary N) is 1. The number of nitrogens with zero attached hydrogens (tertiary/aromatic N) is 1. The van der Waals surface area contributed by atoms with Crippen LogP contribution in [0.15, 0.2) is 18.6 Å². The highest BCUT2D eigenvalue weighted by Gasteiger charge is 1.95. The Balaban J connectivity index is 2.30. The van der Waals surface area contributed by atoms with Gasteiger partial charge in [-0.2, -0.15) is 0 Å². The van der Waals surface area contributed by atoms with Gasteiger partial charge < -0.3 is 9.72 Å². The van der Waals surface area contributed by atoms with Gasteiger partial charge in [0.1, 0.15) is 0 Å². The number of rotatable bonds is 4. The van der Waals surface area contributed by atoms with Crippen LogP contribution in [0.4, 0.5) is 0 Å². The van der Waals surface area contributed by atoms with Crippen LogP contribution < -0.4 is 0 Å². The molecule has 0 saturated carbocycles. The van der Waals surface area contributed by atoms with Crippen molar-refractivity contribution in [2.45, 2.75) is 13.3 Å². The number of aromatic nitrogens is 2. The Labute approximate surface area is 76.6 Å². The highest BCUT2D eigenvalue weighted by Crippen LogP contribution is 1.96. The van der Waals surface area contributed by atoms with E-state index < -0.39 is 0 Å². The summed E-state index contributed by atoms with van der Waals surface area (Å²) in [7, 11) is 0. The van der Waals surface area contributed by atoms with E-state index in [0.29, 0.717) is 13.0 Å². The molecule has 0 aliphatic rings. The average Bonchev–Trinajstić information content (AvgIpc) is 2.57. The molecule has 0 aliphatic heterocycles. The van der Waals surface area contributed by atoms with Gasteiger partial charge >= 0.3 is 5.97 Å². The van der Waals surface area contributed by atoms with E-state index in [9.17, 15) is 4.79 Å². The molecule has 0 saturated heterocycles. The molecule has 1 aromatic heterocycles. The summed E-state index contributed by atoms with van der Waals surface area (Å²) in [4.78, 5) is 17.6. The number of aromatic amines is 1. The monoisotopic (exact) mass is 180 g/mol. The second-order valence-electron chi connectivity index (χ2n) is 2.42. The van der Waals surface area contributed by atoms with Gasteiger partial charge in [-0.3, -0.25) is 4.79 Å². The number of imidazole rings is 1. The van der Waals surface area contributed by atoms with Crippen molar-refractivity contribution in [3.63, 3.8) is 0 Å². The molecule has 0 atom stereocenters. The maximum Gasteiger partial charge on any atom is 0.309 e. The fourth-order valence-electron chi connectivity index (χ4n) is 0.860. The zero-order chi connectivity index (χ0) is 9.52. The molecule has 1 heterocycles. The van der Waals surface area contributed by atoms with Gasteiger partial charge in [-0.25, -0.2) is 4.98 Å². The van der Waals surface area contributed by atoms with Crippen molar-refractivity contribution >= 4 is 12.0 Å². The number of ether oxygens (including phenoxy) is 1. The number of carbonyl (C=O) groups is 1. The van der Waals surface area contributed by atoms with Gasteiger partial charge in [0.05, 0.1) is 31.2 Å². The Morgan fingerprint density at radius 3 is 3.23 bits per heavy atom. The first-order valence-electron chi connectivity index (χ1n) is 4.13. The Morgan fingerprint density at radius 1 is 1.77 bits per heavy atom. The van der Waals surface area contributed by atoms with Crippen LogP contribution in [0, 0.1) is 0 Å². The van der Waals surface area contributed by atoms with Gasteiger partial charge in [0.15, 0.2) is 0 Å². The molecule has 4 nitrogen and oxygen atoms in total. The molecule has 0 aromatic carbocycles. The van der Waals surface area contributed by atoms with E-state index in [4.69, 9.17) is 4.74 Å². The minimum atomic E-state index is -0.210. The van der Waals surface area contributed by atoms with E-state index >= 15 is 0 Å². The van der Waals surface area contributed by atoms with E-state index in [0.717, 1.165) is 5.69 Å². The van der Waals surface area contributed by atoms with E-state index in [1.54, 1.807) is 31.6 Å². The molecule has 0 bridgehead atoms. The number of hydrogen-bond donors (Lipinski definition) is 1. The third kappa shape index (κ3) is 3.55. The van der Waals surface area contributed by atoms with Crippen LogP contribution in [0.1, 0.15) is 19.0 Å². The lowest BCUT2D eigenvalue weighted by atomic mass is 10.3. The lowest BCUT2D eigenvalue weighted by molar-refractivity contribution is -0.142. The van der Waals surface area contributed by atoms with Gasteiger partial charge in [-0.05, 0) is 13.0 Å². The van der Waals surface area contributed by atoms with Crippen LogP contribution in [-0.2, 0) is 9.53 Å². The molecule has 0 aliphatic carbocycles. The van der Waals surface area contributed by atoms with Gasteiger partial charge in [0.25, 0.3) is 0 Å². The van der Waals surface area contributed by atoms with Crippen LogP contribution in [0.3, 0.4) is 0 Å². The van der Waals surface area contributed by atoms with Gasteiger partial charge in [0, 0.05) is 0 Å². The first-order chi connectivity index (χ1) is 6.33. The lowest BCUT2D eigenvalue weighted by Crippen LogP contribution is -2.01. The second-order valence-corrected chi connectivity index (χ2v) is 2.42. The lowest BCUT2D eigenvalue weighted by Gasteiger charge is -1.95. The maximum absolute atomic E-state index is 10.9. The number of H-pyrrole nitrogens is 1. The molecule has 1 N–H and O–H groups in total. The standard InChI is InChI=1S/C9H12N2O2/c1-2-13-9(12)5-3-4-8-6-10-7-11-8/h3-4,6-7H,2,5H2,1H3,(H,10,11). The summed E-state index contributed by atoms with van der Waals surface area (Å²) >= 11 is 0. The molecule has 4 heteroatoms. The Morgan fingerprint density at radius 2 is 2.62 bits per heavy atom. The second kappa shape index (κ2) is 5.13. The number of esters is 1. The summed E-state index contributed by atoms with van der Waals surface area (Å²) < 4.78 is 4.75. The summed E-state index contributed by atoms with van der Waals surface area (Å²) in [5.74, 6) is -0.210. The summed E-state index contributed by atoms with van der Waals surface area (Å²) in [6, 6.07) is 0. The fourth-order valence-corrected chi connectivity index (χ4v) is 0.860. The van der Waals surface area contributed by atoms with Crippen molar-refractivity contribution in [2.24, 2.45) is 0 Å². The molecule has 0 unspecified atom stereocenters. The molecule has 0 amide bonds. The van der Waals surface area contributed by atoms with Crippen LogP contribution in [0.5, 0.6) is 0 Å². The molecular weight excluding hydrogens is 168 g/mol. The van der Waals surface area contributed by atoms with Crippen molar-refractivity contribution < 1.29 is 9.53 Å². The van der Waals surface area contributed by atoms with Gasteiger partial charge in [-0.1, -0.05) is 6.08 Å². The van der Waals surface area contributed by atoms with Crippen LogP contribution >= 0.6 is 0 Å². The quantitative estimate of drug-likeness (QED) is 0.712. The normalized spacial score (nSPS) is 10.5. The third-order valence-corrected chi connectivity index (χ3v) is 1.41. The molecule has 0 spiro atoms. The van der Waals surface area contributed by atoms with Crippen LogP contribution in [-0.4, -0.2) is 22.5 Å². The van der Waals surface area contributed by atoms with Crippen molar-refractivity contribution in [1.29, 1.82) is 0 Å². The summed E-state index contributed by atoms with van der Waals surface area (Å²) in [6.07, 6.45) is 7.11. The largest absolute Gasteiger partial charge is 0.466 e. The van der Waals surface area contributed by atoms with Gasteiger partial charge in [0.2, 0.25) is 0 Å². The molecule has 13 heavy (non-hydrogen) atoms. The number of carbonyl (C=O) groups excluding carboxylic acids is 1. The van der Waals surface area contributed by atoms with Gasteiger partial charge in [-0.15, -0.1) is 0 Å². The molecular formula is C9H12N2O2. The predicted octanol–water partition coefficient (Wildman–Crippen LogP) is 1.38. The van der Waals surface area contributed by atoms with Crippen molar-refractivity contribution in [3.8, 4) is 0 Å². The van der Waals surface area contributed by atoms with E-state index in [1.807, 2.05) is 0 Å². The molecule has 0 radical (unpaired) electrons. The predicted molar refractivity (Wildman–Crippen MR) is 48.9 cm³/mol. The molecule has 0 fully saturated rings. The van der Waals surface area contributed by atoms with Crippen molar-refractivity contribution in [1.82, 2.24) is 9.97 Å².